The van der Waals surface area contributed by atoms with E-state index in [-0.39, 0.29) is 0 Å². The second-order valence-electron chi connectivity index (χ2n) is 5.05. The Labute approximate surface area is 141 Å². The van der Waals surface area contributed by atoms with Crippen molar-refractivity contribution >= 4 is 22.8 Å². The maximum atomic E-state index is 5.60. The van der Waals surface area contributed by atoms with E-state index in [1.807, 2.05) is 12.1 Å². The van der Waals surface area contributed by atoms with Gasteiger partial charge in [0.05, 0.1) is 0 Å². The second kappa shape index (κ2) is 9.04. The van der Waals surface area contributed by atoms with Gasteiger partial charge in [-0.15, -0.1) is 0 Å². The maximum absolute atomic E-state index is 5.60. The molecule has 0 amide bonds. The Balaban J connectivity index is 3.10. The van der Waals surface area contributed by atoms with Crippen molar-refractivity contribution in [3.8, 4) is 0 Å². The van der Waals surface area contributed by atoms with Crippen LogP contribution in [0.3, 0.4) is 0 Å². The van der Waals surface area contributed by atoms with Crippen LogP contribution < -0.4 is 5.19 Å². The van der Waals surface area contributed by atoms with Gasteiger partial charge in [0.2, 0.25) is 0 Å². The third kappa shape index (κ3) is 4.28. The molecule has 0 spiro atoms. The molecule has 23 heavy (non-hydrogen) atoms. The average molecular weight is 361 g/mol. The van der Waals surface area contributed by atoms with Crippen molar-refractivity contribution in [3.05, 3.63) is 29.3 Å². The van der Waals surface area contributed by atoms with Gasteiger partial charge in [-0.25, -0.2) is 0 Å². The minimum atomic E-state index is -2.85. The Kier molecular flexibility index (Phi) is 8.04. The van der Waals surface area contributed by atoms with Crippen LogP contribution in [-0.4, -0.2) is 60.3 Å². The highest BCUT2D eigenvalue weighted by molar-refractivity contribution is 6.75. The van der Waals surface area contributed by atoms with E-state index in [9.17, 15) is 0 Å². The summed E-state index contributed by atoms with van der Waals surface area (Å²) in [5.74, 6) is 0. The zero-order valence-electron chi connectivity index (χ0n) is 15.1. The Hall–Kier alpha value is -0.586. The van der Waals surface area contributed by atoms with Gasteiger partial charge in [-0.05, 0) is 24.5 Å². The highest BCUT2D eigenvalue weighted by atomic mass is 28.4. The zero-order valence-corrected chi connectivity index (χ0v) is 17.1. The summed E-state index contributed by atoms with van der Waals surface area (Å²) >= 11 is 0. The number of hydrogen-bond acceptors (Lipinski definition) is 6. The molecule has 0 aliphatic rings. The fourth-order valence-corrected chi connectivity index (χ4v) is 6.48. The van der Waals surface area contributed by atoms with Crippen molar-refractivity contribution in [2.45, 2.75) is 19.4 Å². The molecule has 0 unspecified atom stereocenters. The Morgan fingerprint density at radius 2 is 1.30 bits per heavy atom. The minimum absolute atomic E-state index is 0.697. The molecule has 6 nitrogen and oxygen atoms in total. The van der Waals surface area contributed by atoms with E-state index in [0.29, 0.717) is 6.04 Å². The molecule has 0 aromatic heterocycles. The van der Waals surface area contributed by atoms with Crippen LogP contribution in [0.2, 0.25) is 6.04 Å². The molecule has 1 rings (SSSR count). The summed E-state index contributed by atoms with van der Waals surface area (Å²) in [6.07, 6.45) is 0.781. The lowest BCUT2D eigenvalue weighted by atomic mass is 10.1. The average Bonchev–Trinajstić information content (AvgIpc) is 2.61. The molecule has 1 aromatic rings. The maximum Gasteiger partial charge on any atom is 0.536 e. The summed E-state index contributed by atoms with van der Waals surface area (Å²) in [5.41, 5.74) is 2.28. The van der Waals surface area contributed by atoms with Gasteiger partial charge in [0.15, 0.2) is 0 Å². The lowest BCUT2D eigenvalue weighted by Gasteiger charge is -2.28. The molecule has 0 bridgehead atoms. The molecule has 0 aliphatic heterocycles. The lowest BCUT2D eigenvalue weighted by molar-refractivity contribution is 0.123. The van der Waals surface area contributed by atoms with Crippen LogP contribution in [0.1, 0.15) is 11.1 Å². The van der Waals surface area contributed by atoms with E-state index >= 15 is 0 Å². The van der Waals surface area contributed by atoms with Crippen molar-refractivity contribution in [2.24, 2.45) is 0 Å². The monoisotopic (exact) mass is 360 g/mol. The second-order valence-corrected chi connectivity index (χ2v) is 11.0. The van der Waals surface area contributed by atoms with Crippen molar-refractivity contribution in [1.29, 1.82) is 0 Å². The standard InChI is InChI=1S/C15H28O6Si2/c1-13-14(11-12-22(16-2,17-3)18-4)9-8-10-15(13)23(19-5,20-6)21-7/h8-10H,11-12H2,1-7H3. The quantitative estimate of drug-likeness (QED) is 0.590. The van der Waals surface area contributed by atoms with E-state index in [2.05, 4.69) is 13.0 Å². The van der Waals surface area contributed by atoms with Crippen molar-refractivity contribution < 1.29 is 26.6 Å². The minimum Gasteiger partial charge on any atom is -0.377 e. The van der Waals surface area contributed by atoms with Crippen LogP contribution in [-0.2, 0) is 33.0 Å². The van der Waals surface area contributed by atoms with Crippen LogP contribution in [0.15, 0.2) is 18.2 Å². The largest absolute Gasteiger partial charge is 0.536 e. The predicted molar refractivity (Wildman–Crippen MR) is 92.9 cm³/mol. The molecule has 0 fully saturated rings. The van der Waals surface area contributed by atoms with Gasteiger partial charge in [0, 0.05) is 53.9 Å². The normalized spacial score (nSPS) is 12.7. The molecule has 0 aliphatic carbocycles. The van der Waals surface area contributed by atoms with Crippen LogP contribution in [0.5, 0.6) is 0 Å². The summed E-state index contributed by atoms with van der Waals surface area (Å²) in [6.45, 7) is 2.05. The highest BCUT2D eigenvalue weighted by Gasteiger charge is 2.43. The first-order chi connectivity index (χ1) is 11.0. The first-order valence-corrected chi connectivity index (χ1v) is 11.0. The molecule has 8 heteroatoms. The molecule has 0 N–H and O–H groups in total. The molecule has 0 saturated heterocycles. The van der Waals surface area contributed by atoms with Gasteiger partial charge in [0.25, 0.3) is 0 Å². The third-order valence-corrected chi connectivity index (χ3v) is 9.76. The van der Waals surface area contributed by atoms with Crippen molar-refractivity contribution in [1.82, 2.24) is 0 Å². The van der Waals surface area contributed by atoms with Crippen molar-refractivity contribution in [3.63, 3.8) is 0 Å². The summed E-state index contributed by atoms with van der Waals surface area (Å²) in [7, 11) is 4.28. The first kappa shape index (κ1) is 20.5. The summed E-state index contributed by atoms with van der Waals surface area (Å²) in [6, 6.07) is 6.77. The molecule has 132 valence electrons. The zero-order chi connectivity index (χ0) is 17.5. The Morgan fingerprint density at radius 1 is 0.783 bits per heavy atom. The predicted octanol–water partition coefficient (Wildman–Crippen LogP) is 1.50. The van der Waals surface area contributed by atoms with Gasteiger partial charge in [-0.3, -0.25) is 0 Å². The van der Waals surface area contributed by atoms with Gasteiger partial charge in [-0.1, -0.05) is 18.2 Å². The van der Waals surface area contributed by atoms with Crippen LogP contribution in [0, 0.1) is 6.92 Å². The number of aryl methyl sites for hydroxylation is 1. The van der Waals surface area contributed by atoms with Gasteiger partial charge < -0.3 is 26.6 Å². The van der Waals surface area contributed by atoms with E-state index < -0.39 is 17.6 Å². The Bertz CT molecular complexity index is 472. The van der Waals surface area contributed by atoms with Gasteiger partial charge in [0.1, 0.15) is 0 Å². The van der Waals surface area contributed by atoms with E-state index in [4.69, 9.17) is 26.6 Å². The van der Waals surface area contributed by atoms with E-state index in [1.165, 1.54) is 5.56 Å². The Morgan fingerprint density at radius 3 is 1.74 bits per heavy atom. The van der Waals surface area contributed by atoms with Gasteiger partial charge >= 0.3 is 17.6 Å². The molecule has 0 heterocycles. The number of benzene rings is 1. The summed E-state index contributed by atoms with van der Waals surface area (Å²) in [5, 5.41) is 0.974. The lowest BCUT2D eigenvalue weighted by Crippen LogP contribution is -2.55. The summed E-state index contributed by atoms with van der Waals surface area (Å²) in [4.78, 5) is 0. The molecular formula is C15H28O6Si2. The van der Waals surface area contributed by atoms with Crippen LogP contribution in [0.4, 0.5) is 0 Å². The van der Waals surface area contributed by atoms with E-state index in [1.54, 1.807) is 42.7 Å². The summed E-state index contributed by atoms with van der Waals surface area (Å²) < 4.78 is 33.3. The molecule has 0 atom stereocenters. The van der Waals surface area contributed by atoms with Crippen LogP contribution >= 0.6 is 0 Å². The van der Waals surface area contributed by atoms with Crippen LogP contribution in [0.25, 0.3) is 0 Å². The third-order valence-electron chi connectivity index (χ3n) is 4.22. The molecule has 0 saturated carbocycles. The first-order valence-electron chi connectivity index (χ1n) is 7.38. The topological polar surface area (TPSA) is 55.4 Å². The van der Waals surface area contributed by atoms with E-state index in [0.717, 1.165) is 17.2 Å². The molecule has 1 aromatic carbocycles. The smallest absolute Gasteiger partial charge is 0.377 e. The SMILES string of the molecule is CO[Si](CCc1cccc([Si](OC)(OC)OC)c1C)(OC)OC. The number of rotatable bonds is 10. The highest BCUT2D eigenvalue weighted by Crippen LogP contribution is 2.20. The fourth-order valence-electron chi connectivity index (χ4n) is 2.71. The fraction of sp³-hybridized carbons (Fsp3) is 0.600. The molecule has 0 radical (unpaired) electrons. The number of hydrogen-bond donors (Lipinski definition) is 0. The van der Waals surface area contributed by atoms with Crippen molar-refractivity contribution in [2.75, 3.05) is 42.7 Å². The molecular weight excluding hydrogens is 332 g/mol. The van der Waals surface area contributed by atoms with Gasteiger partial charge in [-0.2, -0.15) is 0 Å².